The number of β-amino-alcohol motifs (C(OH)–C–C–N with tert-alkyl or cyclic N) is 1. The maximum Gasteiger partial charge on any atom is 0.233 e. The number of benzene rings is 1. The van der Waals surface area contributed by atoms with E-state index in [9.17, 15) is 14.3 Å². The molecule has 0 spiro atoms. The van der Waals surface area contributed by atoms with E-state index >= 15 is 0 Å². The molecular weight excluding hydrogens is 257 g/mol. The van der Waals surface area contributed by atoms with Gasteiger partial charge in [-0.15, -0.1) is 0 Å². The molecule has 0 aromatic heterocycles. The lowest BCUT2D eigenvalue weighted by atomic mass is 9.77. The zero-order valence-electron chi connectivity index (χ0n) is 11.5. The molecule has 1 aromatic carbocycles. The molecule has 1 saturated carbocycles. The first kappa shape index (κ1) is 13.6. The van der Waals surface area contributed by atoms with E-state index in [4.69, 9.17) is 0 Å². The number of hydrogen-bond acceptors (Lipinski definition) is 2. The minimum Gasteiger partial charge on any atom is -0.391 e. The Hall–Kier alpha value is -1.42. The van der Waals surface area contributed by atoms with Gasteiger partial charge >= 0.3 is 0 Å². The van der Waals surface area contributed by atoms with Gasteiger partial charge < -0.3 is 10.0 Å². The first-order valence-electron chi connectivity index (χ1n) is 7.35. The number of aliphatic hydroxyl groups is 1. The van der Waals surface area contributed by atoms with Gasteiger partial charge in [-0.2, -0.15) is 0 Å². The smallest absolute Gasteiger partial charge is 0.233 e. The highest BCUT2D eigenvalue weighted by Gasteiger charge is 2.46. The minimum absolute atomic E-state index is 0.109. The summed E-state index contributed by atoms with van der Waals surface area (Å²) < 4.78 is 13.1. The van der Waals surface area contributed by atoms with Crippen LogP contribution in [0.2, 0.25) is 0 Å². The van der Waals surface area contributed by atoms with E-state index in [1.807, 2.05) is 0 Å². The Bertz CT molecular complexity index is 494. The first-order chi connectivity index (χ1) is 9.62. The zero-order valence-corrected chi connectivity index (χ0v) is 11.5. The quantitative estimate of drug-likeness (QED) is 0.900. The summed E-state index contributed by atoms with van der Waals surface area (Å²) in [7, 11) is 0. The highest BCUT2D eigenvalue weighted by atomic mass is 19.1. The molecule has 1 atom stereocenters. The third-order valence-electron chi connectivity index (χ3n) is 4.71. The van der Waals surface area contributed by atoms with Crippen molar-refractivity contribution in [2.75, 3.05) is 13.1 Å². The van der Waals surface area contributed by atoms with E-state index in [0.717, 1.165) is 31.2 Å². The molecule has 108 valence electrons. The van der Waals surface area contributed by atoms with Gasteiger partial charge in [0.05, 0.1) is 11.5 Å². The largest absolute Gasteiger partial charge is 0.391 e. The Morgan fingerprint density at radius 1 is 1.25 bits per heavy atom. The van der Waals surface area contributed by atoms with E-state index in [1.54, 1.807) is 17.0 Å². The molecule has 1 saturated heterocycles. The number of aliphatic hydroxyl groups excluding tert-OH is 1. The molecule has 1 heterocycles. The van der Waals surface area contributed by atoms with Crippen LogP contribution in [0.5, 0.6) is 0 Å². The molecule has 0 unspecified atom stereocenters. The summed E-state index contributed by atoms with van der Waals surface area (Å²) in [6, 6.07) is 6.35. The van der Waals surface area contributed by atoms with Crippen molar-refractivity contribution in [3.63, 3.8) is 0 Å². The van der Waals surface area contributed by atoms with Crippen molar-refractivity contribution in [2.24, 2.45) is 0 Å². The number of amides is 1. The second-order valence-corrected chi connectivity index (χ2v) is 5.99. The SMILES string of the molecule is O=C(N1CC[C@@H](O)C1)C1(c2ccc(F)cc2)CCCC1. The van der Waals surface area contributed by atoms with Crippen LogP contribution >= 0.6 is 0 Å². The average molecular weight is 277 g/mol. The number of likely N-dealkylation sites (tertiary alicyclic amines) is 1. The molecular formula is C16H20FNO2. The molecule has 1 aromatic rings. The Labute approximate surface area is 118 Å². The molecule has 3 nitrogen and oxygen atoms in total. The van der Waals surface area contributed by atoms with Crippen LogP contribution in [0, 0.1) is 5.82 Å². The lowest BCUT2D eigenvalue weighted by Gasteiger charge is -2.32. The summed E-state index contributed by atoms with van der Waals surface area (Å²) in [5.41, 5.74) is 0.417. The van der Waals surface area contributed by atoms with Gasteiger partial charge in [-0.25, -0.2) is 4.39 Å². The molecule has 20 heavy (non-hydrogen) atoms. The van der Waals surface area contributed by atoms with Gasteiger partial charge in [0.2, 0.25) is 5.91 Å². The topological polar surface area (TPSA) is 40.5 Å². The Balaban J connectivity index is 1.91. The molecule has 1 N–H and O–H groups in total. The van der Waals surface area contributed by atoms with E-state index in [1.165, 1.54) is 12.1 Å². The maximum absolute atomic E-state index is 13.1. The number of nitrogens with zero attached hydrogens (tertiary/aromatic N) is 1. The van der Waals surface area contributed by atoms with Crippen molar-refractivity contribution in [1.82, 2.24) is 4.90 Å². The number of carbonyl (C=O) groups excluding carboxylic acids is 1. The van der Waals surface area contributed by atoms with Crippen LogP contribution in [0.25, 0.3) is 0 Å². The highest BCUT2D eigenvalue weighted by Crippen LogP contribution is 2.43. The molecule has 4 heteroatoms. The Morgan fingerprint density at radius 3 is 2.45 bits per heavy atom. The molecule has 3 rings (SSSR count). The van der Waals surface area contributed by atoms with Gasteiger partial charge in [0, 0.05) is 13.1 Å². The van der Waals surface area contributed by atoms with Crippen LogP contribution in [0.1, 0.15) is 37.7 Å². The van der Waals surface area contributed by atoms with Crippen molar-refractivity contribution >= 4 is 5.91 Å². The summed E-state index contributed by atoms with van der Waals surface area (Å²) in [5, 5.41) is 9.64. The molecule has 0 radical (unpaired) electrons. The molecule has 1 aliphatic heterocycles. The summed E-state index contributed by atoms with van der Waals surface area (Å²) in [5.74, 6) is -0.163. The van der Waals surface area contributed by atoms with Crippen LogP contribution in [-0.4, -0.2) is 35.1 Å². The van der Waals surface area contributed by atoms with E-state index < -0.39 is 11.5 Å². The third kappa shape index (κ3) is 2.22. The van der Waals surface area contributed by atoms with Crippen LogP contribution in [0.15, 0.2) is 24.3 Å². The minimum atomic E-state index is -0.502. The van der Waals surface area contributed by atoms with Gasteiger partial charge in [0.25, 0.3) is 0 Å². The van der Waals surface area contributed by atoms with E-state index in [-0.39, 0.29) is 11.7 Å². The summed E-state index contributed by atoms with van der Waals surface area (Å²) in [6.07, 6.45) is 3.96. The van der Waals surface area contributed by atoms with E-state index in [0.29, 0.717) is 19.5 Å². The number of hydrogen-bond donors (Lipinski definition) is 1. The summed E-state index contributed by atoms with van der Waals surface area (Å²) >= 11 is 0. The van der Waals surface area contributed by atoms with E-state index in [2.05, 4.69) is 0 Å². The lowest BCUT2D eigenvalue weighted by molar-refractivity contribution is -0.136. The van der Waals surface area contributed by atoms with Gasteiger partial charge in [-0.1, -0.05) is 25.0 Å². The van der Waals surface area contributed by atoms with Crippen LogP contribution in [-0.2, 0) is 10.2 Å². The van der Waals surface area contributed by atoms with Crippen molar-refractivity contribution in [2.45, 2.75) is 43.6 Å². The van der Waals surface area contributed by atoms with Crippen LogP contribution < -0.4 is 0 Å². The van der Waals surface area contributed by atoms with Crippen LogP contribution in [0.3, 0.4) is 0 Å². The van der Waals surface area contributed by atoms with Gasteiger partial charge in [-0.3, -0.25) is 4.79 Å². The van der Waals surface area contributed by atoms with Crippen molar-refractivity contribution in [3.05, 3.63) is 35.6 Å². The number of halogens is 1. The van der Waals surface area contributed by atoms with Crippen LogP contribution in [0.4, 0.5) is 4.39 Å². The average Bonchev–Trinajstić information content (AvgIpc) is 3.08. The molecule has 1 aliphatic carbocycles. The predicted molar refractivity (Wildman–Crippen MR) is 73.7 cm³/mol. The fourth-order valence-corrected chi connectivity index (χ4v) is 3.60. The molecule has 2 fully saturated rings. The standard InChI is InChI=1S/C16H20FNO2/c17-13-5-3-12(4-6-13)16(8-1-2-9-16)15(20)18-10-7-14(19)11-18/h3-6,14,19H,1-2,7-11H2/t14-/m1/s1. The zero-order chi connectivity index (χ0) is 14.2. The van der Waals surface area contributed by atoms with Gasteiger partial charge in [0.1, 0.15) is 5.82 Å². The summed E-state index contributed by atoms with van der Waals surface area (Å²) in [6.45, 7) is 1.06. The maximum atomic E-state index is 13.1. The van der Waals surface area contributed by atoms with Gasteiger partial charge in [-0.05, 0) is 37.0 Å². The molecule has 0 bridgehead atoms. The van der Waals surface area contributed by atoms with Crippen molar-refractivity contribution < 1.29 is 14.3 Å². The third-order valence-corrected chi connectivity index (χ3v) is 4.71. The second kappa shape index (κ2) is 5.17. The lowest BCUT2D eigenvalue weighted by Crippen LogP contribution is -2.44. The summed E-state index contributed by atoms with van der Waals surface area (Å²) in [4.78, 5) is 14.7. The number of rotatable bonds is 2. The molecule has 2 aliphatic rings. The predicted octanol–water partition coefficient (Wildman–Crippen LogP) is 2.23. The van der Waals surface area contributed by atoms with Crippen molar-refractivity contribution in [3.8, 4) is 0 Å². The second-order valence-electron chi connectivity index (χ2n) is 5.99. The fraction of sp³-hybridized carbons (Fsp3) is 0.562. The Kier molecular flexibility index (Phi) is 3.50. The van der Waals surface area contributed by atoms with Crippen molar-refractivity contribution in [1.29, 1.82) is 0 Å². The molecule has 1 amide bonds. The highest BCUT2D eigenvalue weighted by molar-refractivity contribution is 5.89. The Morgan fingerprint density at radius 2 is 1.90 bits per heavy atom. The monoisotopic (exact) mass is 277 g/mol. The normalized spacial score (nSPS) is 25.1. The fourth-order valence-electron chi connectivity index (χ4n) is 3.60. The number of carbonyl (C=O) groups is 1. The van der Waals surface area contributed by atoms with Gasteiger partial charge in [0.15, 0.2) is 0 Å². The first-order valence-corrected chi connectivity index (χ1v) is 7.35.